The van der Waals surface area contributed by atoms with Gasteiger partial charge in [-0.1, -0.05) is 37.9 Å². The Hall–Kier alpha value is -0.730. The summed E-state index contributed by atoms with van der Waals surface area (Å²) in [5.41, 5.74) is 0.853. The lowest BCUT2D eigenvalue weighted by Gasteiger charge is -2.19. The van der Waals surface area contributed by atoms with E-state index in [2.05, 4.69) is 6.92 Å². The Bertz CT molecular complexity index is 339. The maximum atomic E-state index is 10.1. The lowest BCUT2D eigenvalue weighted by atomic mass is 9.94. The molecule has 0 aliphatic rings. The van der Waals surface area contributed by atoms with E-state index in [1.807, 2.05) is 13.0 Å². The van der Waals surface area contributed by atoms with Gasteiger partial charge < -0.3 is 9.84 Å². The number of ether oxygens (including phenoxy) is 1. The highest BCUT2D eigenvalue weighted by Crippen LogP contribution is 2.31. The normalized spacial score (nSPS) is 14.6. The predicted molar refractivity (Wildman–Crippen MR) is 67.0 cm³/mol. The highest BCUT2D eigenvalue weighted by molar-refractivity contribution is 6.32. The van der Waals surface area contributed by atoms with Gasteiger partial charge in [0.2, 0.25) is 0 Å². The molecule has 90 valence electrons. The Morgan fingerprint density at radius 1 is 1.44 bits per heavy atom. The summed E-state index contributed by atoms with van der Waals surface area (Å²) in [7, 11) is 1.58. The number of methoxy groups -OCH3 is 1. The zero-order valence-electron chi connectivity index (χ0n) is 10.0. The first kappa shape index (κ1) is 13.3. The standard InChI is InChI=1S/C13H19ClO2/c1-4-5-9(2)13(15)10-6-7-12(16-3)11(14)8-10/h6-9,13,15H,4-5H2,1-3H3. The molecular formula is C13H19ClO2. The van der Waals surface area contributed by atoms with Crippen LogP contribution in [0.2, 0.25) is 5.02 Å². The minimum absolute atomic E-state index is 0.245. The molecular weight excluding hydrogens is 224 g/mol. The molecule has 0 amide bonds. The minimum atomic E-state index is -0.455. The van der Waals surface area contributed by atoms with Crippen molar-refractivity contribution in [2.24, 2.45) is 5.92 Å². The van der Waals surface area contributed by atoms with Crippen LogP contribution in [0.25, 0.3) is 0 Å². The van der Waals surface area contributed by atoms with Crippen LogP contribution < -0.4 is 4.74 Å². The number of benzene rings is 1. The number of halogens is 1. The fourth-order valence-electron chi connectivity index (χ4n) is 1.81. The van der Waals surface area contributed by atoms with Gasteiger partial charge in [0.1, 0.15) is 5.75 Å². The van der Waals surface area contributed by atoms with Crippen molar-refractivity contribution >= 4 is 11.6 Å². The molecule has 0 heterocycles. The van der Waals surface area contributed by atoms with Gasteiger partial charge in [0.05, 0.1) is 18.2 Å². The van der Waals surface area contributed by atoms with E-state index in [0.29, 0.717) is 10.8 Å². The monoisotopic (exact) mass is 242 g/mol. The maximum absolute atomic E-state index is 10.1. The largest absolute Gasteiger partial charge is 0.495 e. The van der Waals surface area contributed by atoms with Crippen LogP contribution >= 0.6 is 11.6 Å². The average molecular weight is 243 g/mol. The van der Waals surface area contributed by atoms with Crippen LogP contribution in [0, 0.1) is 5.92 Å². The summed E-state index contributed by atoms with van der Waals surface area (Å²) in [6.45, 7) is 4.16. The summed E-state index contributed by atoms with van der Waals surface area (Å²) in [4.78, 5) is 0. The summed E-state index contributed by atoms with van der Waals surface area (Å²) >= 11 is 6.02. The van der Waals surface area contributed by atoms with E-state index in [0.717, 1.165) is 18.4 Å². The summed E-state index contributed by atoms with van der Waals surface area (Å²) in [5, 5.41) is 10.7. The van der Waals surface area contributed by atoms with Crippen LogP contribution in [-0.2, 0) is 0 Å². The topological polar surface area (TPSA) is 29.5 Å². The van der Waals surface area contributed by atoms with Gasteiger partial charge in [-0.25, -0.2) is 0 Å². The highest BCUT2D eigenvalue weighted by atomic mass is 35.5. The fraction of sp³-hybridized carbons (Fsp3) is 0.538. The average Bonchev–Trinajstić information content (AvgIpc) is 2.28. The van der Waals surface area contributed by atoms with E-state index in [4.69, 9.17) is 16.3 Å². The van der Waals surface area contributed by atoms with Gasteiger partial charge in [-0.2, -0.15) is 0 Å². The van der Waals surface area contributed by atoms with Gasteiger partial charge in [-0.3, -0.25) is 0 Å². The molecule has 0 aromatic heterocycles. The number of hydrogen-bond acceptors (Lipinski definition) is 2. The van der Waals surface area contributed by atoms with Crippen molar-refractivity contribution in [2.45, 2.75) is 32.8 Å². The van der Waals surface area contributed by atoms with Gasteiger partial charge in [0.15, 0.2) is 0 Å². The van der Waals surface area contributed by atoms with Crippen molar-refractivity contribution in [2.75, 3.05) is 7.11 Å². The molecule has 0 fully saturated rings. The molecule has 1 aromatic carbocycles. The third-order valence-corrected chi connectivity index (χ3v) is 3.10. The summed E-state index contributed by atoms with van der Waals surface area (Å²) < 4.78 is 5.07. The molecule has 2 unspecified atom stereocenters. The zero-order valence-corrected chi connectivity index (χ0v) is 10.8. The van der Waals surface area contributed by atoms with Crippen LogP contribution in [0.3, 0.4) is 0 Å². The Morgan fingerprint density at radius 3 is 2.62 bits per heavy atom. The molecule has 3 heteroatoms. The summed E-state index contributed by atoms with van der Waals surface area (Å²) in [6, 6.07) is 5.43. The quantitative estimate of drug-likeness (QED) is 0.851. The molecule has 1 N–H and O–H groups in total. The van der Waals surface area contributed by atoms with E-state index in [9.17, 15) is 5.11 Å². The lowest BCUT2D eigenvalue weighted by Crippen LogP contribution is -2.08. The molecule has 1 aromatic rings. The minimum Gasteiger partial charge on any atom is -0.495 e. The molecule has 1 rings (SSSR count). The lowest BCUT2D eigenvalue weighted by molar-refractivity contribution is 0.112. The Kier molecular flexibility index (Phi) is 5.10. The van der Waals surface area contributed by atoms with Crippen LogP contribution in [0.1, 0.15) is 38.4 Å². The Balaban J connectivity index is 2.84. The second kappa shape index (κ2) is 6.12. The highest BCUT2D eigenvalue weighted by Gasteiger charge is 2.16. The van der Waals surface area contributed by atoms with Crippen molar-refractivity contribution < 1.29 is 9.84 Å². The first-order chi connectivity index (χ1) is 7.60. The zero-order chi connectivity index (χ0) is 12.1. The van der Waals surface area contributed by atoms with E-state index in [1.165, 1.54) is 0 Å². The molecule has 0 aliphatic heterocycles. The van der Waals surface area contributed by atoms with Crippen molar-refractivity contribution in [1.29, 1.82) is 0 Å². The number of aliphatic hydroxyl groups is 1. The van der Waals surface area contributed by atoms with Gasteiger partial charge in [-0.05, 0) is 30.0 Å². The van der Waals surface area contributed by atoms with Crippen molar-refractivity contribution in [1.82, 2.24) is 0 Å². The summed E-state index contributed by atoms with van der Waals surface area (Å²) in [6.07, 6.45) is 1.62. The molecule has 0 spiro atoms. The molecule has 0 aliphatic carbocycles. The van der Waals surface area contributed by atoms with E-state index >= 15 is 0 Å². The van der Waals surface area contributed by atoms with Crippen LogP contribution in [-0.4, -0.2) is 12.2 Å². The molecule has 2 nitrogen and oxygen atoms in total. The summed E-state index contributed by atoms with van der Waals surface area (Å²) in [5.74, 6) is 0.884. The molecule has 0 bridgehead atoms. The first-order valence-corrected chi connectivity index (χ1v) is 5.99. The van der Waals surface area contributed by atoms with Crippen LogP contribution in [0.4, 0.5) is 0 Å². The van der Waals surface area contributed by atoms with Crippen molar-refractivity contribution in [3.63, 3.8) is 0 Å². The Morgan fingerprint density at radius 2 is 2.12 bits per heavy atom. The predicted octanol–water partition coefficient (Wildman–Crippen LogP) is 3.82. The maximum Gasteiger partial charge on any atom is 0.137 e. The third-order valence-electron chi connectivity index (χ3n) is 2.80. The van der Waals surface area contributed by atoms with Crippen molar-refractivity contribution in [3.05, 3.63) is 28.8 Å². The van der Waals surface area contributed by atoms with Crippen LogP contribution in [0.5, 0.6) is 5.75 Å². The first-order valence-electron chi connectivity index (χ1n) is 5.61. The molecule has 0 radical (unpaired) electrons. The van der Waals surface area contributed by atoms with Gasteiger partial charge >= 0.3 is 0 Å². The Labute approximate surface area is 102 Å². The van der Waals surface area contributed by atoms with Gasteiger partial charge in [-0.15, -0.1) is 0 Å². The van der Waals surface area contributed by atoms with E-state index in [-0.39, 0.29) is 5.92 Å². The second-order valence-electron chi connectivity index (χ2n) is 4.10. The molecule has 16 heavy (non-hydrogen) atoms. The van der Waals surface area contributed by atoms with Gasteiger partial charge in [0, 0.05) is 0 Å². The number of rotatable bonds is 5. The fourth-order valence-corrected chi connectivity index (χ4v) is 2.07. The van der Waals surface area contributed by atoms with Gasteiger partial charge in [0.25, 0.3) is 0 Å². The third kappa shape index (κ3) is 3.13. The molecule has 0 saturated heterocycles. The van der Waals surface area contributed by atoms with E-state index in [1.54, 1.807) is 19.2 Å². The smallest absolute Gasteiger partial charge is 0.137 e. The van der Waals surface area contributed by atoms with Crippen LogP contribution in [0.15, 0.2) is 18.2 Å². The SMILES string of the molecule is CCCC(C)C(O)c1ccc(OC)c(Cl)c1. The number of aliphatic hydroxyl groups excluding tert-OH is 1. The van der Waals surface area contributed by atoms with E-state index < -0.39 is 6.10 Å². The molecule has 2 atom stereocenters. The number of hydrogen-bond donors (Lipinski definition) is 1. The van der Waals surface area contributed by atoms with Crippen molar-refractivity contribution in [3.8, 4) is 5.75 Å². The second-order valence-corrected chi connectivity index (χ2v) is 4.51. The molecule has 0 saturated carbocycles.